The molecule has 0 aliphatic rings. The van der Waals surface area contributed by atoms with E-state index in [4.69, 9.17) is 9.15 Å². The van der Waals surface area contributed by atoms with Crippen molar-refractivity contribution in [2.45, 2.75) is 6.92 Å². The van der Waals surface area contributed by atoms with Crippen LogP contribution in [0.1, 0.15) is 22.4 Å². The lowest BCUT2D eigenvalue weighted by Crippen LogP contribution is -2.00. The quantitative estimate of drug-likeness (QED) is 0.746. The molecule has 0 atom stereocenters. The minimum absolute atomic E-state index is 0.126. The summed E-state index contributed by atoms with van der Waals surface area (Å²) >= 11 is 1.36. The van der Waals surface area contributed by atoms with Crippen LogP contribution in [0.4, 0.5) is 0 Å². The van der Waals surface area contributed by atoms with Gasteiger partial charge in [0.1, 0.15) is 10.6 Å². The van der Waals surface area contributed by atoms with Gasteiger partial charge in [0.05, 0.1) is 12.9 Å². The smallest absolute Gasteiger partial charge is 0.241 e. The second-order valence-electron chi connectivity index (χ2n) is 2.85. The second-order valence-corrected chi connectivity index (χ2v) is 3.77. The van der Waals surface area contributed by atoms with Gasteiger partial charge in [-0.25, -0.2) is 0 Å². The van der Waals surface area contributed by atoms with E-state index in [9.17, 15) is 4.79 Å². The molecule has 2 aromatic rings. The van der Waals surface area contributed by atoms with E-state index >= 15 is 0 Å². The van der Waals surface area contributed by atoms with Crippen molar-refractivity contribution in [1.82, 2.24) is 0 Å². The second kappa shape index (κ2) is 4.31. The molecule has 0 aliphatic carbocycles. The summed E-state index contributed by atoms with van der Waals surface area (Å²) in [5.74, 6) is 0.848. The maximum Gasteiger partial charge on any atom is 0.241 e. The van der Waals surface area contributed by atoms with E-state index in [-0.39, 0.29) is 5.78 Å². The van der Waals surface area contributed by atoms with Gasteiger partial charge in [0.15, 0.2) is 5.76 Å². The molecular weight excluding hydrogens is 212 g/mol. The number of thiophene rings is 1. The maximum atomic E-state index is 11.9. The average Bonchev–Trinajstić information content (AvgIpc) is 2.87. The standard InChI is InChI=1S/C11H10O3S/c1-2-13-9-5-7-15-11(9)10(12)8-4-3-6-14-8/h3-7H,2H2,1H3. The van der Waals surface area contributed by atoms with Crippen molar-refractivity contribution in [2.75, 3.05) is 6.61 Å². The largest absolute Gasteiger partial charge is 0.492 e. The highest BCUT2D eigenvalue weighted by Crippen LogP contribution is 2.27. The topological polar surface area (TPSA) is 39.4 Å². The van der Waals surface area contributed by atoms with Crippen molar-refractivity contribution in [3.05, 3.63) is 40.5 Å². The van der Waals surface area contributed by atoms with Crippen LogP contribution in [0.25, 0.3) is 0 Å². The third kappa shape index (κ3) is 1.94. The Labute approximate surface area is 91.3 Å². The number of ether oxygens (including phenoxy) is 1. The van der Waals surface area contributed by atoms with Crippen LogP contribution in [0.2, 0.25) is 0 Å². The van der Waals surface area contributed by atoms with Gasteiger partial charge in [-0.05, 0) is 30.5 Å². The van der Waals surface area contributed by atoms with Crippen LogP contribution in [0.15, 0.2) is 34.3 Å². The number of hydrogen-bond donors (Lipinski definition) is 0. The van der Waals surface area contributed by atoms with Gasteiger partial charge in [0.2, 0.25) is 5.78 Å². The lowest BCUT2D eigenvalue weighted by atomic mass is 10.2. The molecule has 0 saturated carbocycles. The first-order valence-corrected chi connectivity index (χ1v) is 5.49. The molecule has 78 valence electrons. The predicted molar refractivity (Wildman–Crippen MR) is 57.6 cm³/mol. The van der Waals surface area contributed by atoms with Crippen LogP contribution in [0.5, 0.6) is 5.75 Å². The molecule has 0 unspecified atom stereocenters. The van der Waals surface area contributed by atoms with Crippen LogP contribution in [0.3, 0.4) is 0 Å². The molecule has 0 bridgehead atoms. The molecule has 0 radical (unpaired) electrons. The summed E-state index contributed by atoms with van der Waals surface area (Å²) < 4.78 is 10.4. The molecule has 0 aliphatic heterocycles. The zero-order chi connectivity index (χ0) is 10.7. The Kier molecular flexibility index (Phi) is 2.87. The number of furan rings is 1. The SMILES string of the molecule is CCOc1ccsc1C(=O)c1ccco1. The van der Waals surface area contributed by atoms with E-state index in [1.165, 1.54) is 17.6 Å². The third-order valence-electron chi connectivity index (χ3n) is 1.88. The van der Waals surface area contributed by atoms with Gasteiger partial charge in [-0.1, -0.05) is 0 Å². The fourth-order valence-electron chi connectivity index (χ4n) is 1.25. The van der Waals surface area contributed by atoms with Crippen LogP contribution in [-0.2, 0) is 0 Å². The van der Waals surface area contributed by atoms with Crippen LogP contribution in [0, 0.1) is 0 Å². The summed E-state index contributed by atoms with van der Waals surface area (Å²) in [5, 5.41) is 1.83. The Morgan fingerprint density at radius 3 is 3.07 bits per heavy atom. The fourth-order valence-corrected chi connectivity index (χ4v) is 2.03. The van der Waals surface area contributed by atoms with E-state index in [0.717, 1.165) is 0 Å². The Morgan fingerprint density at radius 1 is 1.53 bits per heavy atom. The first kappa shape index (κ1) is 9.98. The monoisotopic (exact) mass is 222 g/mol. The molecular formula is C11H10O3S. The minimum atomic E-state index is -0.126. The molecule has 15 heavy (non-hydrogen) atoms. The summed E-state index contributed by atoms with van der Waals surface area (Å²) in [4.78, 5) is 12.5. The first-order valence-electron chi connectivity index (χ1n) is 4.61. The molecule has 0 spiro atoms. The number of rotatable bonds is 4. The van der Waals surface area contributed by atoms with Gasteiger partial charge < -0.3 is 9.15 Å². The normalized spacial score (nSPS) is 10.2. The van der Waals surface area contributed by atoms with E-state index in [2.05, 4.69) is 0 Å². The number of hydrogen-bond acceptors (Lipinski definition) is 4. The van der Waals surface area contributed by atoms with Crippen molar-refractivity contribution < 1.29 is 13.9 Å². The highest BCUT2D eigenvalue weighted by Gasteiger charge is 2.18. The van der Waals surface area contributed by atoms with Crippen molar-refractivity contribution in [3.63, 3.8) is 0 Å². The average molecular weight is 222 g/mol. The Balaban J connectivity index is 2.29. The number of carbonyl (C=O) groups is 1. The lowest BCUT2D eigenvalue weighted by Gasteiger charge is -2.01. The van der Waals surface area contributed by atoms with Gasteiger partial charge in [-0.3, -0.25) is 4.79 Å². The molecule has 0 fully saturated rings. The third-order valence-corrected chi connectivity index (χ3v) is 2.77. The molecule has 0 amide bonds. The van der Waals surface area contributed by atoms with Crippen molar-refractivity contribution >= 4 is 17.1 Å². The van der Waals surface area contributed by atoms with Gasteiger partial charge in [0, 0.05) is 0 Å². The molecule has 0 saturated heterocycles. The Morgan fingerprint density at radius 2 is 2.40 bits per heavy atom. The lowest BCUT2D eigenvalue weighted by molar-refractivity contribution is 0.101. The van der Waals surface area contributed by atoms with Gasteiger partial charge in [0.25, 0.3) is 0 Å². The minimum Gasteiger partial charge on any atom is -0.492 e. The summed E-state index contributed by atoms with van der Waals surface area (Å²) in [6, 6.07) is 5.14. The predicted octanol–water partition coefficient (Wildman–Crippen LogP) is 2.97. The van der Waals surface area contributed by atoms with Crippen LogP contribution in [-0.4, -0.2) is 12.4 Å². The van der Waals surface area contributed by atoms with E-state index < -0.39 is 0 Å². The molecule has 2 aromatic heterocycles. The van der Waals surface area contributed by atoms with Crippen molar-refractivity contribution in [3.8, 4) is 5.75 Å². The zero-order valence-corrected chi connectivity index (χ0v) is 9.04. The first-order chi connectivity index (χ1) is 7.33. The summed E-state index contributed by atoms with van der Waals surface area (Å²) in [5.41, 5.74) is 0. The molecule has 3 nitrogen and oxygen atoms in total. The van der Waals surface area contributed by atoms with Crippen molar-refractivity contribution in [2.24, 2.45) is 0 Å². The molecule has 0 N–H and O–H groups in total. The maximum absolute atomic E-state index is 11.9. The highest BCUT2D eigenvalue weighted by atomic mass is 32.1. The molecule has 2 rings (SSSR count). The van der Waals surface area contributed by atoms with Crippen molar-refractivity contribution in [1.29, 1.82) is 0 Å². The summed E-state index contributed by atoms with van der Waals surface area (Å²) in [6.45, 7) is 2.44. The number of ketones is 1. The Hall–Kier alpha value is -1.55. The molecule has 2 heterocycles. The van der Waals surface area contributed by atoms with E-state index in [1.807, 2.05) is 12.3 Å². The van der Waals surface area contributed by atoms with Crippen LogP contribution >= 0.6 is 11.3 Å². The summed E-state index contributed by atoms with van der Waals surface area (Å²) in [6.07, 6.45) is 1.49. The number of carbonyl (C=O) groups excluding carboxylic acids is 1. The summed E-state index contributed by atoms with van der Waals surface area (Å²) in [7, 11) is 0. The highest BCUT2D eigenvalue weighted by molar-refractivity contribution is 7.12. The Bertz CT molecular complexity index is 442. The fraction of sp³-hybridized carbons (Fsp3) is 0.182. The van der Waals surface area contributed by atoms with Gasteiger partial charge in [-0.15, -0.1) is 11.3 Å². The van der Waals surface area contributed by atoms with E-state index in [0.29, 0.717) is 23.0 Å². The van der Waals surface area contributed by atoms with E-state index in [1.54, 1.807) is 18.2 Å². The molecule has 4 heteroatoms. The van der Waals surface area contributed by atoms with Crippen LogP contribution < -0.4 is 4.74 Å². The molecule has 0 aromatic carbocycles. The van der Waals surface area contributed by atoms with Gasteiger partial charge in [-0.2, -0.15) is 0 Å². The zero-order valence-electron chi connectivity index (χ0n) is 8.23. The van der Waals surface area contributed by atoms with Gasteiger partial charge >= 0.3 is 0 Å².